The molecule has 0 aliphatic heterocycles. The van der Waals surface area contributed by atoms with Gasteiger partial charge >= 0.3 is 0 Å². The fraction of sp³-hybridized carbons (Fsp3) is 0.688. The molecule has 116 valence electrons. The number of amides is 1. The predicted molar refractivity (Wildman–Crippen MR) is 85.4 cm³/mol. The van der Waals surface area contributed by atoms with E-state index in [4.69, 9.17) is 11.6 Å². The van der Waals surface area contributed by atoms with Crippen molar-refractivity contribution < 1.29 is 4.79 Å². The Hall–Kier alpha value is -1.16. The largest absolute Gasteiger partial charge is 0.294 e. The van der Waals surface area contributed by atoms with Crippen LogP contribution < -0.4 is 5.32 Å². The normalized spacial score (nSPS) is 22.0. The minimum Gasteiger partial charge on any atom is -0.294 e. The quantitative estimate of drug-likeness (QED) is 0.821. The summed E-state index contributed by atoms with van der Waals surface area (Å²) in [6.45, 7) is 4.06. The van der Waals surface area contributed by atoms with Crippen LogP contribution in [0.3, 0.4) is 0 Å². The molecule has 1 N–H and O–H groups in total. The van der Waals surface area contributed by atoms with Gasteiger partial charge in [0, 0.05) is 11.6 Å². The molecule has 1 amide bonds. The Morgan fingerprint density at radius 3 is 2.67 bits per heavy atom. The fourth-order valence-corrected chi connectivity index (χ4v) is 3.24. The third-order valence-electron chi connectivity index (χ3n) is 4.24. The van der Waals surface area contributed by atoms with Gasteiger partial charge in [0.2, 0.25) is 11.9 Å². The summed E-state index contributed by atoms with van der Waals surface area (Å²) in [5, 5.41) is 3.17. The first-order chi connectivity index (χ1) is 10.1. The van der Waals surface area contributed by atoms with Gasteiger partial charge in [0.1, 0.15) is 5.15 Å². The van der Waals surface area contributed by atoms with Crippen LogP contribution in [0.15, 0.2) is 6.07 Å². The van der Waals surface area contributed by atoms with Gasteiger partial charge in [-0.1, -0.05) is 37.8 Å². The van der Waals surface area contributed by atoms with Gasteiger partial charge in [0.15, 0.2) is 0 Å². The number of aryl methyl sites for hydroxylation is 1. The highest BCUT2D eigenvalue weighted by molar-refractivity contribution is 6.29. The summed E-state index contributed by atoms with van der Waals surface area (Å²) in [6, 6.07) is 1.68. The number of anilines is 1. The highest BCUT2D eigenvalue weighted by Gasteiger charge is 2.26. The van der Waals surface area contributed by atoms with Crippen molar-refractivity contribution in [1.82, 2.24) is 9.97 Å². The van der Waals surface area contributed by atoms with Crippen molar-refractivity contribution >= 4 is 23.5 Å². The number of halogens is 1. The molecule has 0 spiro atoms. The first-order valence-electron chi connectivity index (χ1n) is 7.90. The molecule has 0 atom stereocenters. The Morgan fingerprint density at radius 2 is 2.05 bits per heavy atom. The molecular formula is C16H24ClN3O. The van der Waals surface area contributed by atoms with E-state index in [1.54, 1.807) is 6.07 Å². The van der Waals surface area contributed by atoms with E-state index in [0.29, 0.717) is 11.1 Å². The second kappa shape index (κ2) is 7.74. The Bertz CT molecular complexity index is 464. The summed E-state index contributed by atoms with van der Waals surface area (Å²) < 4.78 is 0. The predicted octanol–water partition coefficient (Wildman–Crippen LogP) is 4.37. The van der Waals surface area contributed by atoms with Gasteiger partial charge in [-0.3, -0.25) is 10.1 Å². The number of carbonyl (C=O) groups is 1. The zero-order valence-electron chi connectivity index (χ0n) is 12.9. The van der Waals surface area contributed by atoms with Gasteiger partial charge in [-0.05, 0) is 44.6 Å². The van der Waals surface area contributed by atoms with E-state index in [1.165, 1.54) is 19.3 Å². The molecule has 1 fully saturated rings. The Balaban J connectivity index is 1.84. The third kappa shape index (κ3) is 4.95. The van der Waals surface area contributed by atoms with Crippen LogP contribution in [0.1, 0.15) is 57.6 Å². The van der Waals surface area contributed by atoms with Crippen molar-refractivity contribution in [3.05, 3.63) is 16.9 Å². The number of nitrogens with one attached hydrogen (secondary N) is 1. The number of rotatable bonds is 5. The maximum absolute atomic E-state index is 12.3. The molecule has 4 nitrogen and oxygen atoms in total. The summed E-state index contributed by atoms with van der Waals surface area (Å²) >= 11 is 5.88. The summed E-state index contributed by atoms with van der Waals surface area (Å²) in [7, 11) is 0. The van der Waals surface area contributed by atoms with Gasteiger partial charge in [-0.25, -0.2) is 9.97 Å². The molecule has 0 bridgehead atoms. The molecule has 1 aromatic rings. The van der Waals surface area contributed by atoms with Gasteiger partial charge in [-0.15, -0.1) is 0 Å². The minimum absolute atomic E-state index is 0.0330. The lowest BCUT2D eigenvalue weighted by Gasteiger charge is -2.27. The molecule has 21 heavy (non-hydrogen) atoms. The highest BCUT2D eigenvalue weighted by Crippen LogP contribution is 2.32. The summed E-state index contributed by atoms with van der Waals surface area (Å²) in [6.07, 6.45) is 8.13. The molecule has 0 aromatic carbocycles. The Kier molecular flexibility index (Phi) is 5.97. The maximum Gasteiger partial charge on any atom is 0.231 e. The van der Waals surface area contributed by atoms with Crippen LogP contribution >= 0.6 is 11.6 Å². The van der Waals surface area contributed by atoms with Crippen LogP contribution in [0.25, 0.3) is 0 Å². The fourth-order valence-electron chi connectivity index (χ4n) is 3.00. The molecule has 2 rings (SSSR count). The molecule has 1 aromatic heterocycles. The summed E-state index contributed by atoms with van der Waals surface area (Å²) in [4.78, 5) is 20.5. The SMILES string of the molecule is CCCCC1CCC(C(=O)Nc2nc(C)cc(Cl)n2)CC1. The second-order valence-corrected chi connectivity index (χ2v) is 6.39. The number of unbranched alkanes of at least 4 members (excludes halogenated alkanes) is 1. The molecule has 0 saturated heterocycles. The van der Waals surface area contributed by atoms with Gasteiger partial charge in [0.25, 0.3) is 0 Å². The molecule has 0 unspecified atom stereocenters. The zero-order chi connectivity index (χ0) is 15.2. The van der Waals surface area contributed by atoms with E-state index >= 15 is 0 Å². The Morgan fingerprint density at radius 1 is 1.33 bits per heavy atom. The van der Waals surface area contributed by atoms with Crippen LogP contribution in [-0.4, -0.2) is 15.9 Å². The van der Waals surface area contributed by atoms with Crippen LogP contribution in [0.2, 0.25) is 5.15 Å². The van der Waals surface area contributed by atoms with Crippen LogP contribution in [0, 0.1) is 18.8 Å². The first kappa shape index (κ1) is 16.2. The molecule has 5 heteroatoms. The Labute approximate surface area is 131 Å². The van der Waals surface area contributed by atoms with E-state index in [2.05, 4.69) is 22.2 Å². The lowest BCUT2D eigenvalue weighted by Crippen LogP contribution is -2.28. The molecule has 0 radical (unpaired) electrons. The minimum atomic E-state index is 0.0330. The average molecular weight is 310 g/mol. The van der Waals surface area contributed by atoms with Crippen molar-refractivity contribution in [2.45, 2.75) is 58.8 Å². The lowest BCUT2D eigenvalue weighted by atomic mass is 9.79. The lowest BCUT2D eigenvalue weighted by molar-refractivity contribution is -0.121. The van der Waals surface area contributed by atoms with Crippen LogP contribution in [-0.2, 0) is 4.79 Å². The van der Waals surface area contributed by atoms with Crippen LogP contribution in [0.5, 0.6) is 0 Å². The number of hydrogen-bond acceptors (Lipinski definition) is 3. The van der Waals surface area contributed by atoms with Crippen molar-refractivity contribution in [3.8, 4) is 0 Å². The van der Waals surface area contributed by atoms with Crippen molar-refractivity contribution in [2.75, 3.05) is 5.32 Å². The highest BCUT2D eigenvalue weighted by atomic mass is 35.5. The summed E-state index contributed by atoms with van der Waals surface area (Å²) in [5.41, 5.74) is 0.758. The van der Waals surface area contributed by atoms with E-state index in [1.807, 2.05) is 6.92 Å². The van der Waals surface area contributed by atoms with E-state index in [-0.39, 0.29) is 11.8 Å². The monoisotopic (exact) mass is 309 g/mol. The van der Waals surface area contributed by atoms with Gasteiger partial charge < -0.3 is 0 Å². The number of carbonyl (C=O) groups excluding carboxylic acids is 1. The van der Waals surface area contributed by atoms with Crippen LogP contribution in [0.4, 0.5) is 5.95 Å². The van der Waals surface area contributed by atoms with Crippen molar-refractivity contribution in [2.24, 2.45) is 11.8 Å². The maximum atomic E-state index is 12.3. The molecule has 1 saturated carbocycles. The standard InChI is InChI=1S/C16H24ClN3O/c1-3-4-5-12-6-8-13(9-7-12)15(21)20-16-18-11(2)10-14(17)19-16/h10,12-13H,3-9H2,1-2H3,(H,18,19,20,21). The smallest absolute Gasteiger partial charge is 0.231 e. The van der Waals surface area contributed by atoms with Crippen molar-refractivity contribution in [3.63, 3.8) is 0 Å². The van der Waals surface area contributed by atoms with E-state index in [0.717, 1.165) is 37.3 Å². The molecule has 1 heterocycles. The molecule has 1 aliphatic rings. The number of hydrogen-bond donors (Lipinski definition) is 1. The molecule has 1 aliphatic carbocycles. The molecular weight excluding hydrogens is 286 g/mol. The van der Waals surface area contributed by atoms with Gasteiger partial charge in [-0.2, -0.15) is 0 Å². The average Bonchev–Trinajstić information content (AvgIpc) is 2.44. The van der Waals surface area contributed by atoms with Crippen molar-refractivity contribution in [1.29, 1.82) is 0 Å². The summed E-state index contributed by atoms with van der Waals surface area (Å²) in [5.74, 6) is 1.24. The second-order valence-electron chi connectivity index (χ2n) is 6.00. The first-order valence-corrected chi connectivity index (χ1v) is 8.28. The number of nitrogens with zero attached hydrogens (tertiary/aromatic N) is 2. The number of aromatic nitrogens is 2. The van der Waals surface area contributed by atoms with E-state index in [9.17, 15) is 4.79 Å². The topological polar surface area (TPSA) is 54.9 Å². The third-order valence-corrected chi connectivity index (χ3v) is 4.44. The van der Waals surface area contributed by atoms with E-state index < -0.39 is 0 Å². The van der Waals surface area contributed by atoms with Gasteiger partial charge in [0.05, 0.1) is 0 Å². The zero-order valence-corrected chi connectivity index (χ0v) is 13.6.